The van der Waals surface area contributed by atoms with Crippen LogP contribution in [0.4, 0.5) is 0 Å². The van der Waals surface area contributed by atoms with E-state index in [1.165, 1.54) is 37.7 Å². The number of fused-ring (bicyclic) bond motifs is 3. The molecule has 0 bridgehead atoms. The molecule has 3 aliphatic carbocycles. The standard InChI is InChI=1S/C21H37NOS/c1-19(2)9-5-10-20(3)16(19)8-11-21(14-22-4)17(20)7-6-15(13-24)12-18(21)23/h12,16-18,22-24H,5-11,13-14H2,1-4H3. The van der Waals surface area contributed by atoms with Crippen LogP contribution < -0.4 is 5.32 Å². The molecule has 2 fully saturated rings. The molecular formula is C21H37NOS. The van der Waals surface area contributed by atoms with E-state index in [-0.39, 0.29) is 11.5 Å². The maximum atomic E-state index is 11.3. The van der Waals surface area contributed by atoms with Crippen LogP contribution in [0.2, 0.25) is 0 Å². The summed E-state index contributed by atoms with van der Waals surface area (Å²) in [5, 5.41) is 14.7. The SMILES string of the molecule is CNCC12CCC3C(C)(C)CCCC3(C)C1CCC(CS)=CC2O. The van der Waals surface area contributed by atoms with Gasteiger partial charge in [0.15, 0.2) is 0 Å². The second-order valence-corrected chi connectivity index (χ2v) is 10.0. The van der Waals surface area contributed by atoms with E-state index in [1.54, 1.807) is 0 Å². The van der Waals surface area contributed by atoms with Crippen LogP contribution in [-0.2, 0) is 0 Å². The third-order valence-corrected chi connectivity index (χ3v) is 8.52. The Morgan fingerprint density at radius 2 is 1.92 bits per heavy atom. The predicted molar refractivity (Wildman–Crippen MR) is 105 cm³/mol. The van der Waals surface area contributed by atoms with Crippen LogP contribution in [0.25, 0.3) is 0 Å². The van der Waals surface area contributed by atoms with Crippen molar-refractivity contribution in [3.63, 3.8) is 0 Å². The highest BCUT2D eigenvalue weighted by atomic mass is 32.1. The largest absolute Gasteiger partial charge is 0.388 e. The van der Waals surface area contributed by atoms with E-state index in [1.807, 2.05) is 7.05 Å². The van der Waals surface area contributed by atoms with Crippen LogP contribution in [0.5, 0.6) is 0 Å². The van der Waals surface area contributed by atoms with Crippen molar-refractivity contribution in [3.8, 4) is 0 Å². The molecule has 0 radical (unpaired) electrons. The number of aliphatic hydroxyl groups is 1. The van der Waals surface area contributed by atoms with Crippen LogP contribution in [-0.4, -0.2) is 30.6 Å². The summed E-state index contributed by atoms with van der Waals surface area (Å²) in [7, 11) is 2.05. The minimum absolute atomic E-state index is 0.00187. The Morgan fingerprint density at radius 1 is 1.17 bits per heavy atom. The van der Waals surface area contributed by atoms with Gasteiger partial charge in [-0.1, -0.05) is 38.8 Å². The molecule has 0 spiro atoms. The van der Waals surface area contributed by atoms with Crippen LogP contribution in [0.15, 0.2) is 11.6 Å². The van der Waals surface area contributed by atoms with E-state index in [4.69, 9.17) is 0 Å². The molecule has 3 heteroatoms. The summed E-state index contributed by atoms with van der Waals surface area (Å²) in [4.78, 5) is 0. The van der Waals surface area contributed by atoms with Crippen molar-refractivity contribution in [3.05, 3.63) is 11.6 Å². The lowest BCUT2D eigenvalue weighted by Crippen LogP contribution is -2.60. The maximum Gasteiger partial charge on any atom is 0.0795 e. The molecule has 0 aromatic rings. The summed E-state index contributed by atoms with van der Waals surface area (Å²) in [6.07, 6.45) is 10.6. The van der Waals surface area contributed by atoms with Crippen molar-refractivity contribution in [2.45, 2.75) is 71.8 Å². The Morgan fingerprint density at radius 3 is 2.58 bits per heavy atom. The smallest absolute Gasteiger partial charge is 0.0795 e. The van der Waals surface area contributed by atoms with E-state index in [0.717, 1.165) is 31.1 Å². The molecule has 0 amide bonds. The summed E-state index contributed by atoms with van der Waals surface area (Å²) in [6, 6.07) is 0. The maximum absolute atomic E-state index is 11.3. The Balaban J connectivity index is 2.04. The average molecular weight is 352 g/mol. The van der Waals surface area contributed by atoms with Gasteiger partial charge in [0.25, 0.3) is 0 Å². The number of rotatable bonds is 3. The summed E-state index contributed by atoms with van der Waals surface area (Å²) in [5.74, 6) is 2.17. The summed E-state index contributed by atoms with van der Waals surface area (Å²) in [5.41, 5.74) is 2.14. The van der Waals surface area contributed by atoms with Crippen molar-refractivity contribution in [1.29, 1.82) is 0 Å². The van der Waals surface area contributed by atoms with Crippen molar-refractivity contribution < 1.29 is 5.11 Å². The lowest BCUT2D eigenvalue weighted by molar-refractivity contribution is -0.160. The van der Waals surface area contributed by atoms with Gasteiger partial charge in [0.2, 0.25) is 0 Å². The second kappa shape index (κ2) is 6.63. The normalized spacial score (nSPS) is 44.9. The van der Waals surface area contributed by atoms with Gasteiger partial charge in [0, 0.05) is 17.7 Å². The minimum Gasteiger partial charge on any atom is -0.388 e. The van der Waals surface area contributed by atoms with Gasteiger partial charge in [0.1, 0.15) is 0 Å². The lowest BCUT2D eigenvalue weighted by Gasteiger charge is -2.64. The van der Waals surface area contributed by atoms with Gasteiger partial charge in [0.05, 0.1) is 6.10 Å². The first-order valence-electron chi connectivity index (χ1n) is 9.93. The highest BCUT2D eigenvalue weighted by Crippen LogP contribution is 2.66. The van der Waals surface area contributed by atoms with Crippen molar-refractivity contribution in [2.24, 2.45) is 28.1 Å². The van der Waals surface area contributed by atoms with Crippen molar-refractivity contribution in [1.82, 2.24) is 5.32 Å². The fraction of sp³-hybridized carbons (Fsp3) is 0.905. The van der Waals surface area contributed by atoms with Gasteiger partial charge in [-0.3, -0.25) is 0 Å². The van der Waals surface area contributed by atoms with Crippen molar-refractivity contribution >= 4 is 12.6 Å². The van der Waals surface area contributed by atoms with E-state index in [9.17, 15) is 5.11 Å². The van der Waals surface area contributed by atoms with Gasteiger partial charge in [-0.25, -0.2) is 0 Å². The molecule has 0 aromatic carbocycles. The molecule has 0 saturated heterocycles. The summed E-state index contributed by atoms with van der Waals surface area (Å²) < 4.78 is 0. The molecule has 0 aliphatic heterocycles. The Hall–Kier alpha value is 0.01000. The van der Waals surface area contributed by atoms with Gasteiger partial charge >= 0.3 is 0 Å². The molecule has 2 nitrogen and oxygen atoms in total. The third-order valence-electron chi connectivity index (χ3n) is 8.11. The molecule has 2 N–H and O–H groups in total. The number of hydrogen-bond acceptors (Lipinski definition) is 3. The number of aliphatic hydroxyl groups excluding tert-OH is 1. The monoisotopic (exact) mass is 351 g/mol. The zero-order valence-corrected chi connectivity index (χ0v) is 17.0. The van der Waals surface area contributed by atoms with E-state index in [2.05, 4.69) is 44.8 Å². The fourth-order valence-electron chi connectivity index (χ4n) is 7.10. The van der Waals surface area contributed by atoms with Gasteiger partial charge in [-0.2, -0.15) is 12.6 Å². The number of nitrogens with one attached hydrogen (secondary N) is 1. The predicted octanol–water partition coefficient (Wildman–Crippen LogP) is 4.45. The molecule has 138 valence electrons. The van der Waals surface area contributed by atoms with Crippen LogP contribution in [0.3, 0.4) is 0 Å². The third kappa shape index (κ3) is 2.79. The van der Waals surface area contributed by atoms with Crippen molar-refractivity contribution in [2.75, 3.05) is 19.3 Å². The van der Waals surface area contributed by atoms with E-state index >= 15 is 0 Å². The van der Waals surface area contributed by atoms with Crippen LogP contribution >= 0.6 is 12.6 Å². The molecule has 5 atom stereocenters. The molecule has 0 heterocycles. The fourth-order valence-corrected chi connectivity index (χ4v) is 7.36. The van der Waals surface area contributed by atoms with E-state index in [0.29, 0.717) is 16.7 Å². The Kier molecular flexibility index (Phi) is 5.19. The number of hydrogen-bond donors (Lipinski definition) is 3. The second-order valence-electron chi connectivity index (χ2n) is 9.72. The first-order chi connectivity index (χ1) is 11.3. The molecule has 2 saturated carbocycles. The van der Waals surface area contributed by atoms with Crippen LogP contribution in [0, 0.1) is 28.1 Å². The average Bonchev–Trinajstić information content (AvgIpc) is 2.65. The molecule has 24 heavy (non-hydrogen) atoms. The summed E-state index contributed by atoms with van der Waals surface area (Å²) in [6.45, 7) is 8.47. The highest BCUT2D eigenvalue weighted by Gasteiger charge is 2.61. The Bertz CT molecular complexity index is 502. The first-order valence-corrected chi connectivity index (χ1v) is 10.6. The van der Waals surface area contributed by atoms with Crippen LogP contribution in [0.1, 0.15) is 65.7 Å². The van der Waals surface area contributed by atoms with Gasteiger partial charge < -0.3 is 10.4 Å². The topological polar surface area (TPSA) is 32.3 Å². The lowest BCUT2D eigenvalue weighted by atomic mass is 9.42. The molecule has 5 unspecified atom stereocenters. The zero-order chi connectivity index (χ0) is 17.6. The summed E-state index contributed by atoms with van der Waals surface area (Å²) >= 11 is 4.51. The number of thiol groups is 1. The quantitative estimate of drug-likeness (QED) is 0.518. The van der Waals surface area contributed by atoms with Gasteiger partial charge in [-0.15, -0.1) is 0 Å². The van der Waals surface area contributed by atoms with Gasteiger partial charge in [-0.05, 0) is 68.2 Å². The minimum atomic E-state index is -0.331. The zero-order valence-electron chi connectivity index (χ0n) is 16.1. The molecule has 3 rings (SSSR count). The molecule has 0 aromatic heterocycles. The van der Waals surface area contributed by atoms with E-state index < -0.39 is 0 Å². The highest BCUT2D eigenvalue weighted by molar-refractivity contribution is 7.80. The first kappa shape index (κ1) is 18.8. The molecule has 3 aliphatic rings. The molecular weight excluding hydrogens is 314 g/mol. The Labute approximate surface area is 154 Å².